The van der Waals surface area contributed by atoms with Crippen LogP contribution in [0.1, 0.15) is 43.2 Å². The SMILES string of the molecule is O=C(NCc1ccncc1)c1ccc2[nH]c3c(c2c1)C(=O)CCNC3=O. The molecule has 0 spiro atoms. The molecule has 1 aliphatic rings. The first-order chi connectivity index (χ1) is 12.6. The van der Waals surface area contributed by atoms with Crippen LogP contribution in [0.15, 0.2) is 42.7 Å². The second-order valence-corrected chi connectivity index (χ2v) is 6.10. The zero-order chi connectivity index (χ0) is 18.1. The Hall–Kier alpha value is -3.48. The predicted octanol–water partition coefficient (Wildman–Crippen LogP) is 1.81. The number of ketones is 1. The number of nitrogens with zero attached hydrogens (tertiary/aromatic N) is 1. The Balaban J connectivity index is 1.66. The lowest BCUT2D eigenvalue weighted by molar-refractivity contribution is 0.0942. The number of H-pyrrole nitrogens is 1. The largest absolute Gasteiger partial charge is 0.350 e. The Kier molecular flexibility index (Phi) is 3.96. The van der Waals surface area contributed by atoms with E-state index in [2.05, 4.69) is 20.6 Å². The van der Waals surface area contributed by atoms with Gasteiger partial charge in [0.15, 0.2) is 5.78 Å². The molecule has 2 aromatic heterocycles. The van der Waals surface area contributed by atoms with Crippen LogP contribution in [0.3, 0.4) is 0 Å². The Morgan fingerprint density at radius 2 is 1.96 bits per heavy atom. The minimum atomic E-state index is -0.300. The van der Waals surface area contributed by atoms with Gasteiger partial charge in [-0.25, -0.2) is 0 Å². The maximum atomic E-state index is 12.5. The van der Waals surface area contributed by atoms with E-state index in [1.165, 1.54) is 0 Å². The average molecular weight is 348 g/mol. The van der Waals surface area contributed by atoms with Crippen molar-refractivity contribution in [2.75, 3.05) is 6.54 Å². The van der Waals surface area contributed by atoms with Gasteiger partial charge in [-0.1, -0.05) is 0 Å². The fourth-order valence-electron chi connectivity index (χ4n) is 3.08. The smallest absolute Gasteiger partial charge is 0.268 e. The Morgan fingerprint density at radius 1 is 1.15 bits per heavy atom. The Labute approximate surface area is 148 Å². The van der Waals surface area contributed by atoms with Crippen LogP contribution >= 0.6 is 0 Å². The van der Waals surface area contributed by atoms with Gasteiger partial charge in [-0.05, 0) is 35.9 Å². The fourth-order valence-corrected chi connectivity index (χ4v) is 3.08. The minimum Gasteiger partial charge on any atom is -0.350 e. The van der Waals surface area contributed by atoms with Crippen LogP contribution < -0.4 is 10.6 Å². The first kappa shape index (κ1) is 16.0. The third-order valence-electron chi connectivity index (χ3n) is 4.41. The molecule has 130 valence electrons. The van der Waals surface area contributed by atoms with E-state index in [0.717, 1.165) is 5.56 Å². The number of rotatable bonds is 3. The van der Waals surface area contributed by atoms with Crippen LogP contribution in [0.25, 0.3) is 10.9 Å². The summed E-state index contributed by atoms with van der Waals surface area (Å²) in [5.74, 6) is -0.658. The summed E-state index contributed by atoms with van der Waals surface area (Å²) in [6.07, 6.45) is 3.57. The van der Waals surface area contributed by atoms with E-state index < -0.39 is 0 Å². The van der Waals surface area contributed by atoms with Gasteiger partial charge >= 0.3 is 0 Å². The van der Waals surface area contributed by atoms with Crippen molar-refractivity contribution in [2.24, 2.45) is 0 Å². The molecule has 1 aromatic carbocycles. The normalized spacial score (nSPS) is 13.8. The molecule has 7 nitrogen and oxygen atoms in total. The summed E-state index contributed by atoms with van der Waals surface area (Å²) in [5.41, 5.74) is 2.66. The van der Waals surface area contributed by atoms with Crippen molar-refractivity contribution in [3.63, 3.8) is 0 Å². The van der Waals surface area contributed by atoms with E-state index >= 15 is 0 Å². The quantitative estimate of drug-likeness (QED) is 0.671. The van der Waals surface area contributed by atoms with Crippen LogP contribution in [-0.4, -0.2) is 34.1 Å². The molecule has 0 unspecified atom stereocenters. The third kappa shape index (κ3) is 2.83. The maximum Gasteiger partial charge on any atom is 0.268 e. The number of aromatic nitrogens is 2. The number of hydrogen-bond donors (Lipinski definition) is 3. The summed E-state index contributed by atoms with van der Waals surface area (Å²) in [5, 5.41) is 6.13. The maximum absolute atomic E-state index is 12.5. The highest BCUT2D eigenvalue weighted by atomic mass is 16.2. The molecule has 0 bridgehead atoms. The number of hydrogen-bond acceptors (Lipinski definition) is 4. The average Bonchev–Trinajstić information content (AvgIpc) is 2.99. The highest BCUT2D eigenvalue weighted by Gasteiger charge is 2.26. The first-order valence-corrected chi connectivity index (χ1v) is 8.28. The van der Waals surface area contributed by atoms with E-state index in [-0.39, 0.29) is 29.7 Å². The monoisotopic (exact) mass is 348 g/mol. The highest BCUT2D eigenvalue weighted by molar-refractivity contribution is 6.18. The van der Waals surface area contributed by atoms with Crippen molar-refractivity contribution in [1.82, 2.24) is 20.6 Å². The van der Waals surface area contributed by atoms with Gasteiger partial charge in [0.1, 0.15) is 5.69 Å². The lowest BCUT2D eigenvalue weighted by Gasteiger charge is -2.06. The van der Waals surface area contributed by atoms with Gasteiger partial charge < -0.3 is 15.6 Å². The summed E-state index contributed by atoms with van der Waals surface area (Å²) >= 11 is 0. The van der Waals surface area contributed by atoms with Crippen LogP contribution in [0, 0.1) is 0 Å². The third-order valence-corrected chi connectivity index (χ3v) is 4.41. The van der Waals surface area contributed by atoms with Gasteiger partial charge in [0, 0.05) is 48.4 Å². The molecule has 0 aliphatic carbocycles. The molecule has 0 fully saturated rings. The number of carbonyl (C=O) groups excluding carboxylic acids is 3. The highest BCUT2D eigenvalue weighted by Crippen LogP contribution is 2.26. The van der Waals surface area contributed by atoms with Crippen LogP contribution in [0.2, 0.25) is 0 Å². The van der Waals surface area contributed by atoms with E-state index in [4.69, 9.17) is 0 Å². The summed E-state index contributed by atoms with van der Waals surface area (Å²) in [4.78, 5) is 43.9. The zero-order valence-electron chi connectivity index (χ0n) is 13.8. The molecule has 3 N–H and O–H groups in total. The molecule has 7 heteroatoms. The zero-order valence-corrected chi connectivity index (χ0v) is 13.8. The van der Waals surface area contributed by atoms with Crippen LogP contribution in [-0.2, 0) is 6.54 Å². The number of amides is 2. The number of fused-ring (bicyclic) bond motifs is 3. The molecule has 3 aromatic rings. The second-order valence-electron chi connectivity index (χ2n) is 6.10. The molecule has 2 amide bonds. The summed E-state index contributed by atoms with van der Waals surface area (Å²) in [7, 11) is 0. The number of nitrogens with one attached hydrogen (secondary N) is 3. The topological polar surface area (TPSA) is 104 Å². The summed E-state index contributed by atoms with van der Waals surface area (Å²) < 4.78 is 0. The van der Waals surface area contributed by atoms with E-state index in [9.17, 15) is 14.4 Å². The van der Waals surface area contributed by atoms with Gasteiger partial charge in [0.25, 0.3) is 11.8 Å². The number of aromatic amines is 1. The molecular weight excluding hydrogens is 332 g/mol. The molecule has 0 radical (unpaired) electrons. The van der Waals surface area contributed by atoms with E-state index in [0.29, 0.717) is 35.1 Å². The van der Waals surface area contributed by atoms with Gasteiger partial charge in [-0.15, -0.1) is 0 Å². The van der Waals surface area contributed by atoms with Crippen LogP contribution in [0.4, 0.5) is 0 Å². The molecule has 3 heterocycles. The lowest BCUT2D eigenvalue weighted by Crippen LogP contribution is -2.23. The van der Waals surface area contributed by atoms with E-state index in [1.807, 2.05) is 12.1 Å². The molecule has 0 atom stereocenters. The number of carbonyl (C=O) groups is 3. The van der Waals surface area contributed by atoms with Crippen molar-refractivity contribution in [1.29, 1.82) is 0 Å². The van der Waals surface area contributed by atoms with Gasteiger partial charge in [0.2, 0.25) is 0 Å². The molecule has 0 saturated heterocycles. The molecule has 4 rings (SSSR count). The Bertz CT molecular complexity index is 1020. The van der Waals surface area contributed by atoms with Gasteiger partial charge in [-0.2, -0.15) is 0 Å². The fraction of sp³-hybridized carbons (Fsp3) is 0.158. The van der Waals surface area contributed by atoms with E-state index in [1.54, 1.807) is 30.6 Å². The lowest BCUT2D eigenvalue weighted by atomic mass is 10.0. The number of benzene rings is 1. The van der Waals surface area contributed by atoms with Crippen molar-refractivity contribution in [2.45, 2.75) is 13.0 Å². The molecule has 0 saturated carbocycles. The minimum absolute atomic E-state index is 0.112. The number of pyridine rings is 1. The summed E-state index contributed by atoms with van der Waals surface area (Å²) in [6, 6.07) is 8.69. The molecular formula is C19H16N4O3. The Morgan fingerprint density at radius 3 is 2.77 bits per heavy atom. The van der Waals surface area contributed by atoms with Gasteiger partial charge in [0.05, 0.1) is 5.56 Å². The molecule has 1 aliphatic heterocycles. The van der Waals surface area contributed by atoms with Crippen LogP contribution in [0.5, 0.6) is 0 Å². The first-order valence-electron chi connectivity index (χ1n) is 8.28. The molecule has 26 heavy (non-hydrogen) atoms. The summed E-state index contributed by atoms with van der Waals surface area (Å²) in [6.45, 7) is 0.694. The van der Waals surface area contributed by atoms with Crippen molar-refractivity contribution in [3.8, 4) is 0 Å². The van der Waals surface area contributed by atoms with Crippen molar-refractivity contribution < 1.29 is 14.4 Å². The van der Waals surface area contributed by atoms with Crippen molar-refractivity contribution >= 4 is 28.5 Å². The predicted molar refractivity (Wildman–Crippen MR) is 95.0 cm³/mol. The number of Topliss-reactive ketones (excluding diaryl/α,β-unsaturated/α-hetero) is 1. The second kappa shape index (κ2) is 6.44. The standard InChI is InChI=1S/C19H16N4O3/c24-15-5-8-21-19(26)17-16(15)13-9-12(1-2-14(13)23-17)18(25)22-10-11-3-6-20-7-4-11/h1-4,6-7,9,23H,5,8,10H2,(H,21,26)(H,22,25). The van der Waals surface area contributed by atoms with Gasteiger partial charge in [-0.3, -0.25) is 19.4 Å². The van der Waals surface area contributed by atoms with Crippen molar-refractivity contribution in [3.05, 3.63) is 65.1 Å².